The van der Waals surface area contributed by atoms with E-state index in [1.807, 2.05) is 26.0 Å². The Morgan fingerprint density at radius 2 is 1.91 bits per heavy atom. The van der Waals surface area contributed by atoms with Gasteiger partial charge in [-0.2, -0.15) is 13.2 Å². The van der Waals surface area contributed by atoms with E-state index < -0.39 is 11.9 Å². The summed E-state index contributed by atoms with van der Waals surface area (Å²) in [5.41, 5.74) is 4.59. The topological polar surface area (TPSA) is 12.0 Å². The van der Waals surface area contributed by atoms with Crippen LogP contribution in [0.4, 0.5) is 13.2 Å². The average Bonchev–Trinajstić information content (AvgIpc) is 2.44. The normalized spacial score (nSPS) is 24.5. The van der Waals surface area contributed by atoms with E-state index in [1.54, 1.807) is 0 Å². The lowest BCUT2D eigenvalue weighted by Crippen LogP contribution is -2.51. The maximum atomic E-state index is 12.5. The van der Waals surface area contributed by atoms with E-state index in [4.69, 9.17) is 0 Å². The van der Waals surface area contributed by atoms with Gasteiger partial charge in [0.2, 0.25) is 0 Å². The Morgan fingerprint density at radius 3 is 2.52 bits per heavy atom. The molecule has 1 fully saturated rings. The Morgan fingerprint density at radius 1 is 1.17 bits per heavy atom. The van der Waals surface area contributed by atoms with Gasteiger partial charge >= 0.3 is 6.18 Å². The van der Waals surface area contributed by atoms with Crippen molar-refractivity contribution in [3.63, 3.8) is 0 Å². The monoisotopic (exact) mass is 341 g/mol. The molecule has 1 aliphatic carbocycles. The van der Waals surface area contributed by atoms with E-state index in [9.17, 15) is 13.2 Å². The predicted octanol–water partition coefficient (Wildman–Crippen LogP) is 5.26. The number of rotatable bonds is 3. The molecule has 1 atom stereocenters. The number of piperidine rings is 1. The molecule has 0 radical (unpaired) electrons. The third kappa shape index (κ3) is 3.77. The van der Waals surface area contributed by atoms with Gasteiger partial charge in [-0.05, 0) is 68.0 Å². The Bertz CT molecular complexity index is 628. The number of alkyl halides is 3. The molecule has 1 nitrogen and oxygen atoms in total. The Hall–Kier alpha value is -0.940. The molecule has 1 aromatic rings. The van der Waals surface area contributed by atoms with Gasteiger partial charge in [0, 0.05) is 10.4 Å². The van der Waals surface area contributed by atoms with E-state index in [0.717, 1.165) is 52.7 Å². The molecule has 2 aliphatic rings. The third-order valence-corrected chi connectivity index (χ3v) is 5.96. The van der Waals surface area contributed by atoms with E-state index in [0.29, 0.717) is 0 Å². The molecular weight excluding hydrogens is 319 g/mol. The second kappa shape index (κ2) is 6.17. The van der Waals surface area contributed by atoms with Gasteiger partial charge in [0.05, 0.1) is 5.75 Å². The number of thioether (sulfide) groups is 1. The highest BCUT2D eigenvalue weighted by molar-refractivity contribution is 7.99. The van der Waals surface area contributed by atoms with Crippen LogP contribution in [-0.4, -0.2) is 24.0 Å². The van der Waals surface area contributed by atoms with Gasteiger partial charge in [0.1, 0.15) is 0 Å². The number of nitrogens with one attached hydrogen (secondary N) is 1. The zero-order valence-electron chi connectivity index (χ0n) is 13.5. The summed E-state index contributed by atoms with van der Waals surface area (Å²) in [7, 11) is 0. The molecule has 0 amide bonds. The number of halogens is 3. The van der Waals surface area contributed by atoms with Gasteiger partial charge < -0.3 is 5.32 Å². The van der Waals surface area contributed by atoms with E-state index >= 15 is 0 Å². The second-order valence-corrected chi connectivity index (χ2v) is 7.74. The fourth-order valence-electron chi connectivity index (χ4n) is 3.58. The highest BCUT2D eigenvalue weighted by Crippen LogP contribution is 2.44. The van der Waals surface area contributed by atoms with Crippen molar-refractivity contribution >= 4 is 17.3 Å². The maximum Gasteiger partial charge on any atom is 0.398 e. The summed E-state index contributed by atoms with van der Waals surface area (Å²) < 4.78 is 37.5. The van der Waals surface area contributed by atoms with Crippen LogP contribution in [-0.2, 0) is 0 Å². The summed E-state index contributed by atoms with van der Waals surface area (Å²) in [6.07, 6.45) is 2.79. The summed E-state index contributed by atoms with van der Waals surface area (Å²) in [6, 6.07) is 3.96. The van der Waals surface area contributed by atoms with Crippen LogP contribution in [0.25, 0.3) is 5.57 Å². The van der Waals surface area contributed by atoms with Gasteiger partial charge in [-0.15, -0.1) is 11.8 Å². The van der Waals surface area contributed by atoms with Crippen molar-refractivity contribution in [1.29, 1.82) is 0 Å². The van der Waals surface area contributed by atoms with Crippen LogP contribution in [0.5, 0.6) is 0 Å². The first-order chi connectivity index (χ1) is 10.8. The standard InChI is InChI=1S/C18H22F3NS/c1-12-7-13(2)16(23-11-18(19,20)21)8-15(12)14-9-17(10-14)5-3-4-6-22-17/h7-9,22H,3-6,10-11H2,1-2H3. The predicted molar refractivity (Wildman–Crippen MR) is 89.9 cm³/mol. The molecule has 1 spiro atoms. The lowest BCUT2D eigenvalue weighted by molar-refractivity contribution is -0.105. The van der Waals surface area contributed by atoms with Crippen molar-refractivity contribution in [2.24, 2.45) is 0 Å². The van der Waals surface area contributed by atoms with E-state index in [-0.39, 0.29) is 5.54 Å². The first-order valence-corrected chi connectivity index (χ1v) is 9.05. The number of aryl methyl sites for hydroxylation is 2. The number of benzene rings is 1. The molecule has 1 aromatic carbocycles. The third-order valence-electron chi connectivity index (χ3n) is 4.74. The van der Waals surface area contributed by atoms with Gasteiger partial charge in [0.25, 0.3) is 0 Å². The van der Waals surface area contributed by atoms with Gasteiger partial charge in [0.15, 0.2) is 0 Å². The number of hydrogen-bond donors (Lipinski definition) is 1. The van der Waals surface area contributed by atoms with Crippen LogP contribution < -0.4 is 5.32 Å². The zero-order chi connectivity index (χ0) is 16.7. The first kappa shape index (κ1) is 16.9. The van der Waals surface area contributed by atoms with Gasteiger partial charge in [-0.3, -0.25) is 0 Å². The Balaban J connectivity index is 1.81. The maximum absolute atomic E-state index is 12.5. The van der Waals surface area contributed by atoms with Crippen molar-refractivity contribution in [3.05, 3.63) is 34.9 Å². The SMILES string of the molecule is Cc1cc(C)c(C2=CC3(CCCCN3)C2)cc1SCC(F)(F)F. The van der Waals surface area contributed by atoms with E-state index in [2.05, 4.69) is 11.4 Å². The minimum Gasteiger partial charge on any atom is -0.308 e. The van der Waals surface area contributed by atoms with Crippen LogP contribution in [0, 0.1) is 13.8 Å². The summed E-state index contributed by atoms with van der Waals surface area (Å²) >= 11 is 0.888. The fourth-order valence-corrected chi connectivity index (χ4v) is 4.38. The minimum absolute atomic E-state index is 0.143. The molecule has 1 saturated heterocycles. The lowest BCUT2D eigenvalue weighted by atomic mass is 9.71. The molecule has 0 saturated carbocycles. The highest BCUT2D eigenvalue weighted by atomic mass is 32.2. The second-order valence-electron chi connectivity index (χ2n) is 6.72. The summed E-state index contributed by atoms with van der Waals surface area (Å²) in [5, 5.41) is 3.59. The van der Waals surface area contributed by atoms with Gasteiger partial charge in [-0.1, -0.05) is 18.6 Å². The molecule has 23 heavy (non-hydrogen) atoms. The molecule has 1 heterocycles. The summed E-state index contributed by atoms with van der Waals surface area (Å²) in [5.74, 6) is -0.832. The van der Waals surface area contributed by atoms with Crippen LogP contribution in [0.1, 0.15) is 42.4 Å². The highest BCUT2D eigenvalue weighted by Gasteiger charge is 2.38. The summed E-state index contributed by atoms with van der Waals surface area (Å²) in [4.78, 5) is 0.737. The zero-order valence-corrected chi connectivity index (χ0v) is 14.3. The largest absolute Gasteiger partial charge is 0.398 e. The molecule has 1 N–H and O–H groups in total. The van der Waals surface area contributed by atoms with Crippen LogP contribution in [0.3, 0.4) is 0 Å². The Labute approximate surface area is 139 Å². The van der Waals surface area contributed by atoms with Crippen molar-refractivity contribution in [1.82, 2.24) is 5.32 Å². The number of hydrogen-bond acceptors (Lipinski definition) is 2. The lowest BCUT2D eigenvalue weighted by Gasteiger charge is -2.44. The molecule has 0 aromatic heterocycles. The van der Waals surface area contributed by atoms with Crippen molar-refractivity contribution in [3.8, 4) is 0 Å². The van der Waals surface area contributed by atoms with Gasteiger partial charge in [-0.25, -0.2) is 0 Å². The smallest absolute Gasteiger partial charge is 0.308 e. The van der Waals surface area contributed by atoms with Crippen LogP contribution in [0.15, 0.2) is 23.1 Å². The molecule has 3 rings (SSSR count). The quantitative estimate of drug-likeness (QED) is 0.753. The molecule has 1 unspecified atom stereocenters. The van der Waals surface area contributed by atoms with Crippen molar-refractivity contribution in [2.75, 3.05) is 12.3 Å². The van der Waals surface area contributed by atoms with E-state index in [1.165, 1.54) is 18.4 Å². The first-order valence-electron chi connectivity index (χ1n) is 8.06. The molecule has 0 bridgehead atoms. The van der Waals surface area contributed by atoms with Crippen molar-refractivity contribution in [2.45, 2.75) is 56.1 Å². The molecular formula is C18H22F3NS. The van der Waals surface area contributed by atoms with Crippen LogP contribution in [0.2, 0.25) is 0 Å². The molecule has 5 heteroatoms. The minimum atomic E-state index is -4.13. The Kier molecular flexibility index (Phi) is 4.53. The van der Waals surface area contributed by atoms with Crippen LogP contribution >= 0.6 is 11.8 Å². The molecule has 1 aliphatic heterocycles. The summed E-state index contributed by atoms with van der Waals surface area (Å²) in [6.45, 7) is 4.98. The fraction of sp³-hybridized carbons (Fsp3) is 0.556. The molecule has 126 valence electrons. The van der Waals surface area contributed by atoms with Crippen molar-refractivity contribution < 1.29 is 13.2 Å². The average molecular weight is 341 g/mol.